The van der Waals surface area contributed by atoms with Crippen molar-refractivity contribution in [2.75, 3.05) is 13.2 Å². The summed E-state index contributed by atoms with van der Waals surface area (Å²) < 4.78 is 44.4. The molecule has 118 valence electrons. The molecule has 22 heavy (non-hydrogen) atoms. The molecule has 1 atom stereocenters. The molecule has 0 spiro atoms. The van der Waals surface area contributed by atoms with Gasteiger partial charge in [-0.3, -0.25) is 0 Å². The van der Waals surface area contributed by atoms with Crippen LogP contribution in [0.1, 0.15) is 17.0 Å². The summed E-state index contributed by atoms with van der Waals surface area (Å²) in [4.78, 5) is 0. The molecule has 0 heterocycles. The molecular formula is C16H15F3O3. The molecule has 2 rings (SSSR count). The summed E-state index contributed by atoms with van der Waals surface area (Å²) >= 11 is 0. The van der Waals surface area contributed by atoms with Crippen molar-refractivity contribution in [3.63, 3.8) is 0 Å². The van der Waals surface area contributed by atoms with Crippen LogP contribution in [0.2, 0.25) is 0 Å². The maximum Gasteiger partial charge on any atom is 0.416 e. The first-order valence-electron chi connectivity index (χ1n) is 6.60. The molecule has 2 aromatic rings. The molecule has 0 aliphatic heterocycles. The Morgan fingerprint density at radius 1 is 1.05 bits per heavy atom. The van der Waals surface area contributed by atoms with Crippen LogP contribution in [-0.4, -0.2) is 23.4 Å². The molecule has 0 aliphatic rings. The second-order valence-electron chi connectivity index (χ2n) is 4.77. The second-order valence-corrected chi connectivity index (χ2v) is 4.77. The fourth-order valence-corrected chi connectivity index (χ4v) is 2.12. The summed E-state index contributed by atoms with van der Waals surface area (Å²) in [5.41, 5.74) is -0.800. The third-order valence-electron chi connectivity index (χ3n) is 3.20. The topological polar surface area (TPSA) is 49.7 Å². The standard InChI is InChI=1S/C16H15F3O3/c17-16(18,19)15-7-2-1-6-14(15)11(9-20)10-22-13-5-3-4-12(21)8-13/h1-8,11,20-21H,9-10H2. The van der Waals surface area contributed by atoms with Crippen LogP contribution in [-0.2, 0) is 6.18 Å². The molecule has 2 N–H and O–H groups in total. The van der Waals surface area contributed by atoms with Crippen molar-refractivity contribution in [2.24, 2.45) is 0 Å². The van der Waals surface area contributed by atoms with Gasteiger partial charge in [-0.15, -0.1) is 0 Å². The van der Waals surface area contributed by atoms with Gasteiger partial charge in [0.1, 0.15) is 11.5 Å². The Labute approximate surface area is 125 Å². The van der Waals surface area contributed by atoms with Crippen LogP contribution in [0.3, 0.4) is 0 Å². The van der Waals surface area contributed by atoms with Crippen molar-refractivity contribution < 1.29 is 28.1 Å². The van der Waals surface area contributed by atoms with Crippen molar-refractivity contribution in [1.29, 1.82) is 0 Å². The molecule has 0 saturated heterocycles. The monoisotopic (exact) mass is 312 g/mol. The average Bonchev–Trinajstić information content (AvgIpc) is 2.47. The van der Waals surface area contributed by atoms with Gasteiger partial charge in [-0.1, -0.05) is 24.3 Å². The van der Waals surface area contributed by atoms with Gasteiger partial charge in [-0.05, 0) is 23.8 Å². The Balaban J connectivity index is 2.19. The zero-order valence-corrected chi connectivity index (χ0v) is 11.5. The Morgan fingerprint density at radius 3 is 2.41 bits per heavy atom. The van der Waals surface area contributed by atoms with Crippen LogP contribution >= 0.6 is 0 Å². The summed E-state index contributed by atoms with van der Waals surface area (Å²) in [6.45, 7) is -0.612. The number of benzene rings is 2. The van der Waals surface area contributed by atoms with Gasteiger partial charge in [-0.25, -0.2) is 0 Å². The lowest BCUT2D eigenvalue weighted by atomic mass is 9.95. The van der Waals surface area contributed by atoms with Crippen molar-refractivity contribution >= 4 is 0 Å². The van der Waals surface area contributed by atoms with Gasteiger partial charge in [0.15, 0.2) is 0 Å². The van der Waals surface area contributed by atoms with Crippen LogP contribution in [0, 0.1) is 0 Å². The van der Waals surface area contributed by atoms with Crippen LogP contribution in [0.4, 0.5) is 13.2 Å². The number of phenolic OH excluding ortho intramolecular Hbond substituents is 1. The number of aromatic hydroxyl groups is 1. The average molecular weight is 312 g/mol. The first-order chi connectivity index (χ1) is 10.4. The number of halogens is 3. The molecule has 0 amide bonds. The largest absolute Gasteiger partial charge is 0.508 e. The number of rotatable bonds is 5. The van der Waals surface area contributed by atoms with E-state index in [9.17, 15) is 23.4 Å². The third-order valence-corrected chi connectivity index (χ3v) is 3.20. The zero-order valence-electron chi connectivity index (χ0n) is 11.5. The lowest BCUT2D eigenvalue weighted by molar-refractivity contribution is -0.138. The summed E-state index contributed by atoms with van der Waals surface area (Å²) in [7, 11) is 0. The highest BCUT2D eigenvalue weighted by Crippen LogP contribution is 2.35. The van der Waals surface area contributed by atoms with E-state index in [0.717, 1.165) is 6.07 Å². The quantitative estimate of drug-likeness (QED) is 0.887. The Morgan fingerprint density at radius 2 is 1.77 bits per heavy atom. The number of alkyl halides is 3. The Kier molecular flexibility index (Phi) is 4.92. The van der Waals surface area contributed by atoms with E-state index in [4.69, 9.17) is 4.74 Å². The number of ether oxygens (including phenoxy) is 1. The van der Waals surface area contributed by atoms with E-state index in [1.54, 1.807) is 12.1 Å². The number of hydrogen-bond donors (Lipinski definition) is 2. The van der Waals surface area contributed by atoms with Crippen LogP contribution in [0.25, 0.3) is 0 Å². The first-order valence-corrected chi connectivity index (χ1v) is 6.60. The molecule has 0 radical (unpaired) electrons. The van der Waals surface area contributed by atoms with Crippen LogP contribution in [0.15, 0.2) is 48.5 Å². The highest BCUT2D eigenvalue weighted by atomic mass is 19.4. The number of phenols is 1. The van der Waals surface area contributed by atoms with Gasteiger partial charge in [0.2, 0.25) is 0 Å². The molecule has 0 aromatic heterocycles. The van der Waals surface area contributed by atoms with Crippen LogP contribution in [0.5, 0.6) is 11.5 Å². The van der Waals surface area contributed by atoms with Crippen molar-refractivity contribution in [1.82, 2.24) is 0 Å². The minimum atomic E-state index is -4.49. The summed E-state index contributed by atoms with van der Waals surface area (Å²) in [6, 6.07) is 11.0. The van der Waals surface area contributed by atoms with Gasteiger partial charge in [-0.2, -0.15) is 13.2 Å². The molecule has 2 aromatic carbocycles. The van der Waals surface area contributed by atoms with E-state index in [1.165, 1.54) is 30.3 Å². The van der Waals surface area contributed by atoms with E-state index in [0.29, 0.717) is 5.75 Å². The molecule has 0 bridgehead atoms. The minimum Gasteiger partial charge on any atom is -0.508 e. The van der Waals surface area contributed by atoms with Crippen molar-refractivity contribution in [2.45, 2.75) is 12.1 Å². The molecule has 3 nitrogen and oxygen atoms in total. The first kappa shape index (κ1) is 16.2. The Hall–Kier alpha value is -2.21. The maximum atomic E-state index is 13.0. The second kappa shape index (κ2) is 6.70. The fraction of sp³-hybridized carbons (Fsp3) is 0.250. The van der Waals surface area contributed by atoms with Gasteiger partial charge >= 0.3 is 6.18 Å². The molecule has 0 fully saturated rings. The van der Waals surface area contributed by atoms with E-state index in [1.807, 2.05) is 0 Å². The molecule has 0 saturated carbocycles. The highest BCUT2D eigenvalue weighted by Gasteiger charge is 2.34. The molecule has 6 heteroatoms. The predicted octanol–water partition coefficient (Wildman–Crippen LogP) is 3.57. The van der Waals surface area contributed by atoms with Gasteiger partial charge < -0.3 is 14.9 Å². The third kappa shape index (κ3) is 3.92. The molecule has 1 unspecified atom stereocenters. The van der Waals surface area contributed by atoms with Crippen molar-refractivity contribution in [3.05, 3.63) is 59.7 Å². The Bertz CT molecular complexity index is 626. The van der Waals surface area contributed by atoms with Gasteiger partial charge in [0.25, 0.3) is 0 Å². The SMILES string of the molecule is OCC(COc1cccc(O)c1)c1ccccc1C(F)(F)F. The zero-order chi connectivity index (χ0) is 16.2. The highest BCUT2D eigenvalue weighted by molar-refractivity contribution is 5.34. The number of aliphatic hydroxyl groups excluding tert-OH is 1. The van der Waals surface area contributed by atoms with Gasteiger partial charge in [0, 0.05) is 12.0 Å². The van der Waals surface area contributed by atoms with E-state index >= 15 is 0 Å². The fourth-order valence-electron chi connectivity index (χ4n) is 2.12. The lowest BCUT2D eigenvalue weighted by Gasteiger charge is -2.20. The van der Waals surface area contributed by atoms with E-state index in [-0.39, 0.29) is 17.9 Å². The summed E-state index contributed by atoms with van der Waals surface area (Å²) in [5, 5.41) is 18.7. The summed E-state index contributed by atoms with van der Waals surface area (Å²) in [5.74, 6) is -0.503. The summed E-state index contributed by atoms with van der Waals surface area (Å²) in [6.07, 6.45) is -4.49. The minimum absolute atomic E-state index is 0.00580. The molecular weight excluding hydrogens is 297 g/mol. The van der Waals surface area contributed by atoms with Crippen molar-refractivity contribution in [3.8, 4) is 11.5 Å². The van der Waals surface area contributed by atoms with Crippen LogP contribution < -0.4 is 4.74 Å². The van der Waals surface area contributed by atoms with E-state index in [2.05, 4.69) is 0 Å². The van der Waals surface area contributed by atoms with Gasteiger partial charge in [0.05, 0.1) is 18.8 Å². The maximum absolute atomic E-state index is 13.0. The number of hydrogen-bond acceptors (Lipinski definition) is 3. The molecule has 0 aliphatic carbocycles. The normalized spacial score (nSPS) is 12.9. The smallest absolute Gasteiger partial charge is 0.416 e. The lowest BCUT2D eigenvalue weighted by Crippen LogP contribution is -2.19. The predicted molar refractivity (Wildman–Crippen MR) is 74.9 cm³/mol. The van der Waals surface area contributed by atoms with E-state index < -0.39 is 24.3 Å². The number of aliphatic hydroxyl groups is 1.